The van der Waals surface area contributed by atoms with E-state index in [1.807, 2.05) is 30.2 Å². The van der Waals surface area contributed by atoms with Gasteiger partial charge in [0.15, 0.2) is 0 Å². The molecule has 2 saturated heterocycles. The molecule has 2 amide bonds. The van der Waals surface area contributed by atoms with Crippen molar-refractivity contribution in [3.05, 3.63) is 39.8 Å². The van der Waals surface area contributed by atoms with E-state index in [1.165, 1.54) is 0 Å². The Hall–Kier alpha value is -2.74. The number of nitrogens with one attached hydrogen (secondary N) is 2. The molecule has 28 heavy (non-hydrogen) atoms. The Labute approximate surface area is 162 Å². The molecular weight excluding hydrogens is 358 g/mol. The molecule has 0 bridgehead atoms. The standard InChI is InChI=1S/C20H25N5O3/c1-2-14-10-16-17(23-19(14)27)9-13(11-21-16)12-24-5-7-25(8-6-24)20(28)15-3-4-18(26)22-15/h9-11,15H,2-8,12H2,1H3,(H,22,26)(H,23,27)/t15-/m1/s1. The maximum absolute atomic E-state index is 12.5. The number of aryl methyl sites for hydroxylation is 1. The summed E-state index contributed by atoms with van der Waals surface area (Å²) in [6.07, 6.45) is 3.57. The molecule has 2 N–H and O–H groups in total. The number of hydrogen-bond donors (Lipinski definition) is 2. The molecule has 2 aromatic rings. The minimum Gasteiger partial charge on any atom is -0.344 e. The number of aromatic nitrogens is 2. The molecule has 1 atom stereocenters. The minimum atomic E-state index is -0.353. The Bertz CT molecular complexity index is 962. The molecular formula is C20H25N5O3. The number of rotatable bonds is 4. The van der Waals surface area contributed by atoms with Gasteiger partial charge in [-0.25, -0.2) is 0 Å². The maximum Gasteiger partial charge on any atom is 0.251 e. The van der Waals surface area contributed by atoms with Crippen LogP contribution in [0.25, 0.3) is 11.0 Å². The third-order valence-corrected chi connectivity index (χ3v) is 5.59. The minimum absolute atomic E-state index is 0.0298. The quantitative estimate of drug-likeness (QED) is 0.797. The molecule has 4 rings (SSSR count). The van der Waals surface area contributed by atoms with Gasteiger partial charge in [-0.2, -0.15) is 0 Å². The fourth-order valence-electron chi connectivity index (χ4n) is 3.92. The Morgan fingerprint density at radius 1 is 1.21 bits per heavy atom. The summed E-state index contributed by atoms with van der Waals surface area (Å²) in [5.41, 5.74) is 3.28. The Balaban J connectivity index is 1.37. The molecule has 0 spiro atoms. The van der Waals surface area contributed by atoms with Gasteiger partial charge in [0.25, 0.3) is 5.56 Å². The van der Waals surface area contributed by atoms with E-state index in [4.69, 9.17) is 0 Å². The number of H-pyrrole nitrogens is 1. The highest BCUT2D eigenvalue weighted by atomic mass is 16.2. The third-order valence-electron chi connectivity index (χ3n) is 5.59. The lowest BCUT2D eigenvalue weighted by molar-refractivity contribution is -0.136. The highest BCUT2D eigenvalue weighted by Crippen LogP contribution is 2.15. The van der Waals surface area contributed by atoms with Crippen LogP contribution in [-0.2, 0) is 22.6 Å². The van der Waals surface area contributed by atoms with Crippen LogP contribution in [-0.4, -0.2) is 63.8 Å². The average Bonchev–Trinajstić information content (AvgIpc) is 3.14. The normalized spacial score (nSPS) is 20.5. The second-order valence-corrected chi connectivity index (χ2v) is 7.51. The van der Waals surface area contributed by atoms with Gasteiger partial charge in [-0.15, -0.1) is 0 Å². The summed E-state index contributed by atoms with van der Waals surface area (Å²) in [5.74, 6) is -0.00735. The zero-order valence-corrected chi connectivity index (χ0v) is 16.0. The lowest BCUT2D eigenvalue weighted by Gasteiger charge is -2.35. The van der Waals surface area contributed by atoms with Gasteiger partial charge in [-0.1, -0.05) is 6.92 Å². The summed E-state index contributed by atoms with van der Waals surface area (Å²) < 4.78 is 0. The van der Waals surface area contributed by atoms with Gasteiger partial charge in [-0.3, -0.25) is 24.3 Å². The van der Waals surface area contributed by atoms with Crippen molar-refractivity contribution in [2.45, 2.75) is 38.8 Å². The number of nitrogens with zero attached hydrogens (tertiary/aromatic N) is 3. The van der Waals surface area contributed by atoms with Gasteiger partial charge in [0.2, 0.25) is 11.8 Å². The predicted molar refractivity (Wildman–Crippen MR) is 105 cm³/mol. The van der Waals surface area contributed by atoms with Gasteiger partial charge in [0, 0.05) is 50.9 Å². The van der Waals surface area contributed by atoms with Gasteiger partial charge in [0.05, 0.1) is 11.0 Å². The first-order valence-electron chi connectivity index (χ1n) is 9.85. The van der Waals surface area contributed by atoms with E-state index < -0.39 is 0 Å². The van der Waals surface area contributed by atoms with Crippen molar-refractivity contribution in [1.82, 2.24) is 25.1 Å². The van der Waals surface area contributed by atoms with Crippen LogP contribution in [0, 0.1) is 0 Å². The second-order valence-electron chi connectivity index (χ2n) is 7.51. The smallest absolute Gasteiger partial charge is 0.251 e. The van der Waals surface area contributed by atoms with Gasteiger partial charge >= 0.3 is 0 Å². The van der Waals surface area contributed by atoms with Crippen molar-refractivity contribution in [3.8, 4) is 0 Å². The predicted octanol–water partition coefficient (Wildman–Crippen LogP) is 0.408. The van der Waals surface area contributed by atoms with Crippen molar-refractivity contribution in [3.63, 3.8) is 0 Å². The number of carbonyl (C=O) groups excluding carboxylic acids is 2. The summed E-state index contributed by atoms with van der Waals surface area (Å²) >= 11 is 0. The summed E-state index contributed by atoms with van der Waals surface area (Å²) in [6.45, 7) is 5.54. The lowest BCUT2D eigenvalue weighted by atomic mass is 10.1. The topological polar surface area (TPSA) is 98.4 Å². The van der Waals surface area contributed by atoms with E-state index in [1.54, 1.807) is 0 Å². The summed E-state index contributed by atoms with van der Waals surface area (Å²) in [6, 6.07) is 3.48. The monoisotopic (exact) mass is 383 g/mol. The Kier molecular flexibility index (Phi) is 5.13. The summed E-state index contributed by atoms with van der Waals surface area (Å²) in [4.78, 5) is 47.4. The maximum atomic E-state index is 12.5. The number of pyridine rings is 2. The highest BCUT2D eigenvalue weighted by molar-refractivity contribution is 5.90. The van der Waals surface area contributed by atoms with Crippen molar-refractivity contribution in [1.29, 1.82) is 0 Å². The van der Waals surface area contributed by atoms with E-state index >= 15 is 0 Å². The van der Waals surface area contributed by atoms with Crippen molar-refractivity contribution in [2.24, 2.45) is 0 Å². The van der Waals surface area contributed by atoms with Gasteiger partial charge in [-0.05, 0) is 30.5 Å². The third kappa shape index (κ3) is 3.77. The number of piperazine rings is 1. The lowest BCUT2D eigenvalue weighted by Crippen LogP contribution is -2.53. The molecule has 0 radical (unpaired) electrons. The molecule has 148 valence electrons. The molecule has 2 fully saturated rings. The molecule has 2 aliphatic rings. The van der Waals surface area contributed by atoms with Crippen LogP contribution in [0.4, 0.5) is 0 Å². The van der Waals surface area contributed by atoms with E-state index in [0.29, 0.717) is 32.4 Å². The Morgan fingerprint density at radius 3 is 2.68 bits per heavy atom. The van der Waals surface area contributed by atoms with Crippen molar-refractivity contribution >= 4 is 22.8 Å². The highest BCUT2D eigenvalue weighted by Gasteiger charge is 2.32. The van der Waals surface area contributed by atoms with E-state index in [9.17, 15) is 14.4 Å². The average molecular weight is 383 g/mol. The number of carbonyl (C=O) groups is 2. The molecule has 0 aromatic carbocycles. The number of aromatic amines is 1. The number of fused-ring (bicyclic) bond motifs is 1. The fraction of sp³-hybridized carbons (Fsp3) is 0.500. The molecule has 0 unspecified atom stereocenters. The summed E-state index contributed by atoms with van der Waals surface area (Å²) in [5, 5.41) is 2.75. The molecule has 8 nitrogen and oxygen atoms in total. The molecule has 0 aliphatic carbocycles. The fourth-order valence-corrected chi connectivity index (χ4v) is 3.92. The zero-order valence-electron chi connectivity index (χ0n) is 16.0. The Morgan fingerprint density at radius 2 is 2.00 bits per heavy atom. The van der Waals surface area contributed by atoms with Crippen LogP contribution >= 0.6 is 0 Å². The van der Waals surface area contributed by atoms with E-state index in [0.717, 1.165) is 41.8 Å². The van der Waals surface area contributed by atoms with Crippen LogP contribution in [0.1, 0.15) is 30.9 Å². The van der Waals surface area contributed by atoms with Crippen molar-refractivity contribution in [2.75, 3.05) is 26.2 Å². The molecule has 0 saturated carbocycles. The van der Waals surface area contributed by atoms with Crippen LogP contribution in [0.15, 0.2) is 23.1 Å². The largest absolute Gasteiger partial charge is 0.344 e. The molecule has 2 aromatic heterocycles. The first-order chi connectivity index (χ1) is 13.5. The summed E-state index contributed by atoms with van der Waals surface area (Å²) in [7, 11) is 0. The van der Waals surface area contributed by atoms with Gasteiger partial charge < -0.3 is 15.2 Å². The van der Waals surface area contributed by atoms with Crippen molar-refractivity contribution < 1.29 is 9.59 Å². The number of hydrogen-bond acceptors (Lipinski definition) is 5. The van der Waals surface area contributed by atoms with Crippen LogP contribution in [0.2, 0.25) is 0 Å². The van der Waals surface area contributed by atoms with Crippen LogP contribution in [0.5, 0.6) is 0 Å². The molecule has 8 heteroatoms. The molecule has 4 heterocycles. The zero-order chi connectivity index (χ0) is 19.7. The molecule has 2 aliphatic heterocycles. The van der Waals surface area contributed by atoms with Crippen LogP contribution < -0.4 is 10.9 Å². The van der Waals surface area contributed by atoms with E-state index in [-0.39, 0.29) is 23.4 Å². The first kappa shape index (κ1) is 18.6. The first-order valence-corrected chi connectivity index (χ1v) is 9.85. The van der Waals surface area contributed by atoms with Gasteiger partial charge in [0.1, 0.15) is 6.04 Å². The van der Waals surface area contributed by atoms with Crippen LogP contribution in [0.3, 0.4) is 0 Å². The number of amides is 2. The second kappa shape index (κ2) is 7.71. The van der Waals surface area contributed by atoms with E-state index in [2.05, 4.69) is 20.2 Å². The SMILES string of the molecule is CCc1cc2ncc(CN3CCN(C(=O)[C@H]4CCC(=O)N4)CC3)cc2[nH]c1=O.